The van der Waals surface area contributed by atoms with Crippen molar-refractivity contribution in [3.05, 3.63) is 168 Å². The zero-order valence-electron chi connectivity index (χ0n) is 20.7. The molecule has 0 aromatic heterocycles. The SMILES string of the molecule is NC1(c2ccccc2-c2ccccc2)CC(c2ccccc2)=CC=C1c1ccccc1-c1ccccc1. The van der Waals surface area contributed by atoms with E-state index in [4.69, 9.17) is 5.73 Å². The number of hydrogen-bond donors (Lipinski definition) is 1. The normalized spacial score (nSPS) is 17.1. The summed E-state index contributed by atoms with van der Waals surface area (Å²) in [5.74, 6) is 0. The molecule has 1 nitrogen and oxygen atoms in total. The van der Waals surface area contributed by atoms with Crippen LogP contribution in [0.15, 0.2) is 152 Å². The minimum atomic E-state index is -0.725. The van der Waals surface area contributed by atoms with Gasteiger partial charge in [0.1, 0.15) is 0 Å². The molecule has 1 aliphatic rings. The van der Waals surface area contributed by atoms with Crippen LogP contribution in [-0.4, -0.2) is 0 Å². The zero-order chi connectivity index (χ0) is 25.1. The Kier molecular flexibility index (Phi) is 6.14. The largest absolute Gasteiger partial charge is 0.317 e. The van der Waals surface area contributed by atoms with E-state index in [1.807, 2.05) is 0 Å². The summed E-state index contributed by atoms with van der Waals surface area (Å²) in [7, 11) is 0. The molecule has 6 rings (SSSR count). The first-order chi connectivity index (χ1) is 18.2. The lowest BCUT2D eigenvalue weighted by Crippen LogP contribution is -2.40. The second-order valence-corrected chi connectivity index (χ2v) is 9.61. The van der Waals surface area contributed by atoms with Gasteiger partial charge in [0.2, 0.25) is 0 Å². The lowest BCUT2D eigenvalue weighted by molar-refractivity contribution is 0.596. The number of hydrogen-bond acceptors (Lipinski definition) is 1. The third kappa shape index (κ3) is 4.35. The Balaban J connectivity index is 1.59. The van der Waals surface area contributed by atoms with Gasteiger partial charge in [-0.15, -0.1) is 0 Å². The molecule has 5 aromatic rings. The molecule has 37 heavy (non-hydrogen) atoms. The Bertz CT molecular complexity index is 1580. The van der Waals surface area contributed by atoms with Crippen molar-refractivity contribution < 1.29 is 0 Å². The predicted octanol–water partition coefficient (Wildman–Crippen LogP) is 8.75. The second-order valence-electron chi connectivity index (χ2n) is 9.61. The van der Waals surface area contributed by atoms with E-state index in [-0.39, 0.29) is 0 Å². The van der Waals surface area contributed by atoms with Crippen LogP contribution in [0.4, 0.5) is 0 Å². The maximum atomic E-state index is 7.66. The van der Waals surface area contributed by atoms with Crippen LogP contribution < -0.4 is 5.73 Å². The molecule has 2 N–H and O–H groups in total. The minimum absolute atomic E-state index is 0.704. The van der Waals surface area contributed by atoms with Gasteiger partial charge >= 0.3 is 0 Å². The summed E-state index contributed by atoms with van der Waals surface area (Å²) in [4.78, 5) is 0. The fraction of sp³-hybridized carbons (Fsp3) is 0.0556. The number of nitrogens with two attached hydrogens (primary N) is 1. The topological polar surface area (TPSA) is 26.0 Å². The smallest absolute Gasteiger partial charge is 0.0718 e. The van der Waals surface area contributed by atoms with Crippen molar-refractivity contribution in [2.45, 2.75) is 12.0 Å². The van der Waals surface area contributed by atoms with Crippen molar-refractivity contribution in [3.8, 4) is 22.3 Å². The molecule has 0 spiro atoms. The molecule has 178 valence electrons. The van der Waals surface area contributed by atoms with Crippen LogP contribution in [0.1, 0.15) is 23.1 Å². The van der Waals surface area contributed by atoms with Crippen molar-refractivity contribution in [2.75, 3.05) is 0 Å². The van der Waals surface area contributed by atoms with Crippen molar-refractivity contribution in [2.24, 2.45) is 5.73 Å². The monoisotopic (exact) mass is 475 g/mol. The Hall–Kier alpha value is -4.46. The van der Waals surface area contributed by atoms with Gasteiger partial charge < -0.3 is 5.73 Å². The van der Waals surface area contributed by atoms with Gasteiger partial charge in [0.15, 0.2) is 0 Å². The van der Waals surface area contributed by atoms with E-state index in [1.165, 1.54) is 39.0 Å². The molecule has 0 fully saturated rings. The highest BCUT2D eigenvalue weighted by atomic mass is 14.8. The average Bonchev–Trinajstić information content (AvgIpc) is 2.98. The highest BCUT2D eigenvalue weighted by molar-refractivity contribution is 5.92. The van der Waals surface area contributed by atoms with Gasteiger partial charge in [0.05, 0.1) is 5.54 Å². The van der Waals surface area contributed by atoms with Crippen LogP contribution >= 0.6 is 0 Å². The maximum Gasteiger partial charge on any atom is 0.0718 e. The summed E-state index contributed by atoms with van der Waals surface area (Å²) >= 11 is 0. The summed E-state index contributed by atoms with van der Waals surface area (Å²) in [5.41, 5.74) is 17.6. The first kappa shape index (κ1) is 23.0. The van der Waals surface area contributed by atoms with Gasteiger partial charge in [-0.3, -0.25) is 0 Å². The van der Waals surface area contributed by atoms with Crippen LogP contribution in [0.25, 0.3) is 33.4 Å². The number of allylic oxidation sites excluding steroid dienone is 2. The summed E-state index contributed by atoms with van der Waals surface area (Å²) in [5, 5.41) is 0. The Labute approximate surface area is 219 Å². The van der Waals surface area contributed by atoms with Crippen LogP contribution in [0.5, 0.6) is 0 Å². The molecule has 1 aliphatic carbocycles. The molecule has 0 heterocycles. The van der Waals surface area contributed by atoms with E-state index in [0.717, 1.165) is 11.1 Å². The Morgan fingerprint density at radius 1 is 0.432 bits per heavy atom. The molecular formula is C36H29N. The maximum absolute atomic E-state index is 7.66. The molecule has 0 saturated heterocycles. The van der Waals surface area contributed by atoms with E-state index in [2.05, 4.69) is 152 Å². The third-order valence-corrected chi connectivity index (χ3v) is 7.34. The summed E-state index contributed by atoms with van der Waals surface area (Å²) in [6, 6.07) is 49.0. The molecule has 0 aliphatic heterocycles. The summed E-state index contributed by atoms with van der Waals surface area (Å²) in [6.07, 6.45) is 5.20. The molecule has 5 aromatic carbocycles. The standard InChI is InChI=1S/C36H29N/c37-36(34-23-13-12-21-32(34)29-18-8-3-9-19-29)26-30(27-14-4-1-5-15-27)24-25-35(36)33-22-11-10-20-31(33)28-16-6-2-7-17-28/h1-25H,26,37H2. The first-order valence-corrected chi connectivity index (χ1v) is 12.8. The molecule has 0 amide bonds. The fourth-order valence-electron chi connectivity index (χ4n) is 5.54. The van der Waals surface area contributed by atoms with E-state index in [9.17, 15) is 0 Å². The Morgan fingerprint density at radius 3 is 1.51 bits per heavy atom. The van der Waals surface area contributed by atoms with E-state index >= 15 is 0 Å². The highest BCUT2D eigenvalue weighted by Gasteiger charge is 2.38. The predicted molar refractivity (Wildman–Crippen MR) is 157 cm³/mol. The van der Waals surface area contributed by atoms with Crippen LogP contribution in [0.3, 0.4) is 0 Å². The van der Waals surface area contributed by atoms with Crippen LogP contribution in [0, 0.1) is 0 Å². The summed E-state index contributed by atoms with van der Waals surface area (Å²) < 4.78 is 0. The second kappa shape index (κ2) is 9.89. The van der Waals surface area contributed by atoms with Gasteiger partial charge in [0.25, 0.3) is 0 Å². The van der Waals surface area contributed by atoms with Gasteiger partial charge in [-0.1, -0.05) is 152 Å². The van der Waals surface area contributed by atoms with Gasteiger partial charge in [0, 0.05) is 0 Å². The average molecular weight is 476 g/mol. The Morgan fingerprint density at radius 2 is 0.892 bits per heavy atom. The molecule has 1 unspecified atom stereocenters. The van der Waals surface area contributed by atoms with E-state index in [0.29, 0.717) is 6.42 Å². The zero-order valence-corrected chi connectivity index (χ0v) is 20.7. The minimum Gasteiger partial charge on any atom is -0.317 e. The lowest BCUT2D eigenvalue weighted by atomic mass is 9.69. The fourth-order valence-corrected chi connectivity index (χ4v) is 5.54. The van der Waals surface area contributed by atoms with Crippen molar-refractivity contribution in [1.29, 1.82) is 0 Å². The highest BCUT2D eigenvalue weighted by Crippen LogP contribution is 2.48. The van der Waals surface area contributed by atoms with Gasteiger partial charge in [-0.05, 0) is 56.5 Å². The quantitative estimate of drug-likeness (QED) is 0.270. The lowest BCUT2D eigenvalue weighted by Gasteiger charge is -2.39. The van der Waals surface area contributed by atoms with Crippen molar-refractivity contribution in [3.63, 3.8) is 0 Å². The molecule has 1 atom stereocenters. The van der Waals surface area contributed by atoms with Gasteiger partial charge in [-0.2, -0.15) is 0 Å². The van der Waals surface area contributed by atoms with Gasteiger partial charge in [-0.25, -0.2) is 0 Å². The van der Waals surface area contributed by atoms with Crippen molar-refractivity contribution >= 4 is 11.1 Å². The number of rotatable bonds is 5. The van der Waals surface area contributed by atoms with E-state index < -0.39 is 5.54 Å². The molecule has 0 bridgehead atoms. The first-order valence-electron chi connectivity index (χ1n) is 12.8. The third-order valence-electron chi connectivity index (χ3n) is 7.34. The molecular weight excluding hydrogens is 446 g/mol. The molecule has 0 radical (unpaired) electrons. The molecule has 0 saturated carbocycles. The summed E-state index contributed by atoms with van der Waals surface area (Å²) in [6.45, 7) is 0. The molecule has 1 heteroatoms. The van der Waals surface area contributed by atoms with Crippen LogP contribution in [0.2, 0.25) is 0 Å². The van der Waals surface area contributed by atoms with Crippen molar-refractivity contribution in [1.82, 2.24) is 0 Å². The van der Waals surface area contributed by atoms with E-state index in [1.54, 1.807) is 0 Å². The number of benzene rings is 5. The van der Waals surface area contributed by atoms with Crippen LogP contribution in [-0.2, 0) is 5.54 Å².